The summed E-state index contributed by atoms with van der Waals surface area (Å²) < 4.78 is 16.3. The van der Waals surface area contributed by atoms with Crippen LogP contribution < -0.4 is 4.74 Å². The van der Waals surface area contributed by atoms with Crippen LogP contribution in [-0.2, 0) is 43.3 Å². The maximum absolute atomic E-state index is 13.7. The van der Waals surface area contributed by atoms with Gasteiger partial charge in [0.25, 0.3) is 0 Å². The van der Waals surface area contributed by atoms with Crippen molar-refractivity contribution < 1.29 is 4.74 Å². The molecule has 0 bridgehead atoms. The Kier molecular flexibility index (Phi) is 15.3. The standard InChI is InChI=1S/C94H103N5O/c1-87(2,3)56-28-38-74-65(46-56)66-47-57(88(4,5)6)29-39-75(66)96(74)83-73(54-95)84(97-76-40-30-58(89(7,8)9)48-67(76)68-49-59(90(10,11)12)31-41-77(68)97)86(99-80-44-34-62(93(19,20)21)52-71(80)72-53-63(94(22,23)24)35-45-81(72)99)82(55-26-36-64(100-25)37-27-55)85(83)98-78-42-32-60(91(13,14)15)50-69(78)70-51-61(92(16,17)18)33-43-79(70)98/h26-53H,1-25H3. The van der Waals surface area contributed by atoms with Crippen LogP contribution >= 0.6 is 0 Å². The molecule has 10 aromatic carbocycles. The molecule has 4 heterocycles. The minimum Gasteiger partial charge on any atom is -0.497 e. The highest BCUT2D eigenvalue weighted by molar-refractivity contribution is 6.18. The molecule has 14 aromatic rings. The molecule has 0 aliphatic heterocycles. The number of hydrogen-bond donors (Lipinski definition) is 0. The van der Waals surface area contributed by atoms with Crippen LogP contribution in [-0.4, -0.2) is 25.4 Å². The summed E-state index contributed by atoms with van der Waals surface area (Å²) in [6.45, 7) is 55.6. The molecule has 0 amide bonds. The van der Waals surface area contributed by atoms with Crippen molar-refractivity contribution in [3.8, 4) is 45.7 Å². The highest BCUT2D eigenvalue weighted by Gasteiger charge is 2.37. The smallest absolute Gasteiger partial charge is 0.118 e. The van der Waals surface area contributed by atoms with Gasteiger partial charge in [-0.25, -0.2) is 0 Å². The molecule has 0 aliphatic carbocycles. The third-order valence-electron chi connectivity index (χ3n) is 21.8. The fraction of sp³-hybridized carbons (Fsp3) is 0.351. The second-order valence-electron chi connectivity index (χ2n) is 37.2. The van der Waals surface area contributed by atoms with E-state index < -0.39 is 0 Å². The number of aromatic nitrogens is 4. The number of ether oxygens (including phenoxy) is 1. The molecule has 0 fully saturated rings. The largest absolute Gasteiger partial charge is 0.497 e. The van der Waals surface area contributed by atoms with Crippen molar-refractivity contribution >= 4 is 87.2 Å². The van der Waals surface area contributed by atoms with Gasteiger partial charge < -0.3 is 23.0 Å². The molecule has 0 saturated heterocycles. The molecule has 510 valence electrons. The van der Waals surface area contributed by atoms with Crippen LogP contribution in [0.3, 0.4) is 0 Å². The summed E-state index contributed by atoms with van der Waals surface area (Å²) in [6.07, 6.45) is 0. The van der Waals surface area contributed by atoms with E-state index in [0.29, 0.717) is 5.56 Å². The summed E-state index contributed by atoms with van der Waals surface area (Å²) in [6, 6.07) is 69.3. The molecular weight excluding hydrogens is 1220 g/mol. The Bertz CT molecular complexity index is 5150. The topological polar surface area (TPSA) is 52.7 Å². The van der Waals surface area contributed by atoms with Gasteiger partial charge in [0.2, 0.25) is 0 Å². The monoisotopic (exact) mass is 1320 g/mol. The summed E-state index contributed by atoms with van der Waals surface area (Å²) in [7, 11) is 1.76. The van der Waals surface area contributed by atoms with E-state index in [-0.39, 0.29) is 43.3 Å². The highest BCUT2D eigenvalue weighted by Crippen LogP contribution is 2.54. The number of methoxy groups -OCH3 is 1. The second-order valence-corrected chi connectivity index (χ2v) is 37.2. The Labute approximate surface area is 594 Å². The van der Waals surface area contributed by atoms with E-state index in [2.05, 4.69) is 360 Å². The van der Waals surface area contributed by atoms with Gasteiger partial charge >= 0.3 is 0 Å². The third kappa shape index (κ3) is 11.0. The minimum atomic E-state index is -0.162. The van der Waals surface area contributed by atoms with Crippen LogP contribution in [0.5, 0.6) is 5.75 Å². The Morgan fingerprint density at radius 2 is 0.430 bits per heavy atom. The van der Waals surface area contributed by atoms with Crippen LogP contribution in [0.2, 0.25) is 0 Å². The zero-order valence-electron chi connectivity index (χ0n) is 64.3. The first-order valence-corrected chi connectivity index (χ1v) is 36.2. The number of rotatable bonds is 6. The van der Waals surface area contributed by atoms with Gasteiger partial charge in [-0.05, 0) is 203 Å². The zero-order valence-corrected chi connectivity index (χ0v) is 64.3. The second kappa shape index (κ2) is 22.6. The molecule has 0 aliphatic rings. The van der Waals surface area contributed by atoms with Gasteiger partial charge in [0.1, 0.15) is 17.4 Å². The lowest BCUT2D eigenvalue weighted by Crippen LogP contribution is -2.17. The first-order chi connectivity index (χ1) is 46.6. The molecule has 0 saturated carbocycles. The van der Waals surface area contributed by atoms with Crippen molar-refractivity contribution in [1.29, 1.82) is 5.26 Å². The number of benzene rings is 10. The van der Waals surface area contributed by atoms with Gasteiger partial charge in [-0.1, -0.05) is 227 Å². The molecular formula is C94H103N5O. The maximum atomic E-state index is 13.7. The van der Waals surface area contributed by atoms with Crippen molar-refractivity contribution in [2.75, 3.05) is 7.11 Å². The Hall–Kier alpha value is -9.31. The van der Waals surface area contributed by atoms with E-state index in [0.717, 1.165) is 127 Å². The van der Waals surface area contributed by atoms with Crippen LogP contribution in [0.25, 0.3) is 121 Å². The average molecular weight is 1320 g/mol. The van der Waals surface area contributed by atoms with E-state index in [1.807, 2.05) is 0 Å². The first kappa shape index (κ1) is 67.9. The molecule has 4 aromatic heterocycles. The molecule has 0 radical (unpaired) electrons. The lowest BCUT2D eigenvalue weighted by molar-refractivity contribution is 0.415. The van der Waals surface area contributed by atoms with E-state index in [1.54, 1.807) is 7.11 Å². The lowest BCUT2D eigenvalue weighted by Gasteiger charge is -2.30. The van der Waals surface area contributed by atoms with Crippen LogP contribution in [0.15, 0.2) is 170 Å². The molecule has 0 spiro atoms. The molecule has 0 atom stereocenters. The number of hydrogen-bond acceptors (Lipinski definition) is 2. The first-order valence-electron chi connectivity index (χ1n) is 36.2. The van der Waals surface area contributed by atoms with Crippen LogP contribution in [0.1, 0.15) is 216 Å². The van der Waals surface area contributed by atoms with E-state index in [9.17, 15) is 5.26 Å². The Morgan fingerprint density at radius 3 is 0.590 bits per heavy atom. The fourth-order valence-corrected chi connectivity index (χ4v) is 15.5. The third-order valence-corrected chi connectivity index (χ3v) is 21.8. The van der Waals surface area contributed by atoms with Gasteiger partial charge in [0, 0.05) is 48.7 Å². The summed E-state index contributed by atoms with van der Waals surface area (Å²) in [5.41, 5.74) is 22.8. The van der Waals surface area contributed by atoms with Crippen LogP contribution in [0.4, 0.5) is 0 Å². The molecule has 0 N–H and O–H groups in total. The fourth-order valence-electron chi connectivity index (χ4n) is 15.5. The zero-order chi connectivity index (χ0) is 72.0. The normalized spacial score (nSPS) is 13.4. The molecule has 0 unspecified atom stereocenters. The number of nitriles is 1. The van der Waals surface area contributed by atoms with Crippen molar-refractivity contribution in [3.05, 3.63) is 220 Å². The van der Waals surface area contributed by atoms with Gasteiger partial charge in [0.15, 0.2) is 0 Å². The Morgan fingerprint density at radius 1 is 0.250 bits per heavy atom. The summed E-state index contributed by atoms with van der Waals surface area (Å²) in [5, 5.41) is 22.9. The number of nitrogens with zero attached hydrogens (tertiary/aromatic N) is 5. The van der Waals surface area contributed by atoms with Crippen LogP contribution in [0, 0.1) is 11.3 Å². The minimum absolute atomic E-state index is 0.160. The summed E-state index contributed by atoms with van der Waals surface area (Å²) >= 11 is 0. The predicted octanol–water partition coefficient (Wildman–Crippen LogP) is 26.0. The van der Waals surface area contributed by atoms with Crippen molar-refractivity contribution in [1.82, 2.24) is 18.3 Å². The van der Waals surface area contributed by atoms with Gasteiger partial charge in [-0.15, -0.1) is 0 Å². The molecule has 6 nitrogen and oxygen atoms in total. The van der Waals surface area contributed by atoms with E-state index >= 15 is 0 Å². The van der Waals surface area contributed by atoms with Crippen molar-refractivity contribution in [2.45, 2.75) is 209 Å². The quantitative estimate of drug-likeness (QED) is 0.167. The predicted molar refractivity (Wildman–Crippen MR) is 430 cm³/mol. The average Bonchev–Trinajstić information content (AvgIpc) is 1.46. The van der Waals surface area contributed by atoms with Gasteiger partial charge in [0.05, 0.1) is 74.0 Å². The highest BCUT2D eigenvalue weighted by atomic mass is 16.5. The molecule has 6 heteroatoms. The van der Waals surface area contributed by atoms with E-state index in [4.69, 9.17) is 4.74 Å². The maximum Gasteiger partial charge on any atom is 0.118 e. The van der Waals surface area contributed by atoms with Crippen molar-refractivity contribution in [3.63, 3.8) is 0 Å². The van der Waals surface area contributed by atoms with E-state index in [1.165, 1.54) is 44.5 Å². The Balaban J connectivity index is 1.37. The SMILES string of the molecule is COc1ccc(-c2c(-n3c4ccc(C(C)(C)C)cc4c4cc(C(C)(C)C)ccc43)c(-n3c4ccc(C(C)(C)C)cc4c4cc(C(C)(C)C)ccc43)c(C#N)c(-n3c4ccc(C(C)(C)C)cc4c4cc(C(C)(C)C)ccc43)c2-n2c3ccc(C(C)(C)C)cc3c3cc(C(C)(C)C)ccc32)cc1. The van der Waals surface area contributed by atoms with Gasteiger partial charge in [-0.3, -0.25) is 0 Å². The lowest BCUT2D eigenvalue weighted by atomic mass is 9.85. The molecule has 100 heavy (non-hydrogen) atoms. The van der Waals surface area contributed by atoms with Gasteiger partial charge in [-0.2, -0.15) is 5.26 Å². The molecule has 14 rings (SSSR count). The van der Waals surface area contributed by atoms with Crippen molar-refractivity contribution in [2.24, 2.45) is 0 Å². The number of fused-ring (bicyclic) bond motifs is 12. The summed E-state index contributed by atoms with van der Waals surface area (Å²) in [5.74, 6) is 0.752. The summed E-state index contributed by atoms with van der Waals surface area (Å²) in [4.78, 5) is 0.